The Hall–Kier alpha value is -6.61. The van der Waals surface area contributed by atoms with Crippen LogP contribution in [0.2, 0.25) is 0 Å². The number of carbonyl (C=O) groups is 9. The minimum absolute atomic E-state index is 0.0239. The number of phenols is 1. The first-order valence-corrected chi connectivity index (χ1v) is 26.3. The molecule has 1 aliphatic rings. The first-order valence-electron chi connectivity index (χ1n) is 26.3. The number of likely N-dealkylation sites (tertiary alicyclic amines) is 1. The van der Waals surface area contributed by atoms with Crippen LogP contribution < -0.4 is 37.9 Å². The van der Waals surface area contributed by atoms with Crippen molar-refractivity contribution in [1.82, 2.24) is 51.9 Å². The molecule has 0 aliphatic carbocycles. The Morgan fingerprint density at radius 3 is 1.88 bits per heavy atom. The van der Waals surface area contributed by atoms with E-state index in [-0.39, 0.29) is 76.2 Å². The van der Waals surface area contributed by atoms with E-state index in [0.29, 0.717) is 110 Å². The zero-order valence-electron chi connectivity index (χ0n) is 45.5. The Bertz CT molecular complexity index is 2200. The minimum atomic E-state index is -1.51. The van der Waals surface area contributed by atoms with Gasteiger partial charge >= 0.3 is 0 Å². The van der Waals surface area contributed by atoms with Crippen LogP contribution in [-0.2, 0) is 100 Å². The second-order valence-electron chi connectivity index (χ2n) is 17.8. The molecule has 3 rings (SSSR count). The Morgan fingerprint density at radius 2 is 1.27 bits per heavy atom. The second kappa shape index (κ2) is 40.5. The predicted octanol–water partition coefficient (Wildman–Crippen LogP) is -4.48. The summed E-state index contributed by atoms with van der Waals surface area (Å²) < 4.78 is 45.3. The van der Waals surface area contributed by atoms with E-state index in [1.807, 2.05) is 5.43 Å². The number of ether oxygens (including phenoxy) is 8. The van der Waals surface area contributed by atoms with Gasteiger partial charge in [-0.05, 0) is 24.6 Å². The van der Waals surface area contributed by atoms with Crippen LogP contribution in [0.4, 0.5) is 0 Å². The number of hydrogen-bond acceptors (Lipinski definition) is 22. The standard InChI is InChI=1S/C50H79N11O19/c1-3-38(63)34-80-27-26-79-25-24-77-20-17-74-14-11-52-43(66)9-6-37-32-60(59-58-37)12-15-75-18-21-78-23-22-76-19-16-73-13-10-44(67)55-41(28-36-4-7-39(64)8-5-36)50(72)61-33-40(65)29-42(61)48(70)53-30-45(68)56-47(35(2)62)49(71)54-31-46(69)57-51/h4-5,7-8,32,35,41-42,47,62,64H,3,6,9-31,33-34,51H2,1-2H3,(H,52,66)(H,53,70)(H,54,71)(H,55,67)(H,56,68)(H,57,69). The summed E-state index contributed by atoms with van der Waals surface area (Å²) in [6.45, 7) is 6.89. The van der Waals surface area contributed by atoms with Crippen LogP contribution in [0.3, 0.4) is 0 Å². The number of ketones is 2. The number of nitrogens with zero attached hydrogens (tertiary/aromatic N) is 4. The molecule has 1 saturated heterocycles. The number of aliphatic hydroxyl groups excluding tert-OH is 1. The molecule has 4 unspecified atom stereocenters. The SMILES string of the molecule is CCC(=O)COCCOCCOCCOCCNC(=O)CCc1cn(CCOCCOCCOCCOCCC(=O)NC(Cc2ccc(O)cc2)C(=O)N2CC(=O)CC2C(=O)NCC(=O)NC(C(=O)NCC(=O)NN)C(C)O)nn1. The van der Waals surface area contributed by atoms with E-state index >= 15 is 0 Å². The van der Waals surface area contributed by atoms with E-state index in [0.717, 1.165) is 4.90 Å². The average Bonchev–Trinajstić information content (AvgIpc) is 4.14. The van der Waals surface area contributed by atoms with Crippen LogP contribution in [0.5, 0.6) is 5.75 Å². The maximum absolute atomic E-state index is 14.0. The summed E-state index contributed by atoms with van der Waals surface area (Å²) in [7, 11) is 0. The third-order valence-electron chi connectivity index (χ3n) is 11.4. The van der Waals surface area contributed by atoms with Crippen molar-refractivity contribution in [1.29, 1.82) is 0 Å². The number of rotatable bonds is 45. The number of aryl methyl sites for hydroxylation is 1. The molecule has 0 radical (unpaired) electrons. The van der Waals surface area contributed by atoms with Gasteiger partial charge in [-0.2, -0.15) is 0 Å². The van der Waals surface area contributed by atoms with Gasteiger partial charge < -0.3 is 79.6 Å². The van der Waals surface area contributed by atoms with Crippen LogP contribution in [0, 0.1) is 0 Å². The summed E-state index contributed by atoms with van der Waals surface area (Å²) in [4.78, 5) is 114. The summed E-state index contributed by atoms with van der Waals surface area (Å²) in [6.07, 6.45) is 0.892. The Labute approximate surface area is 463 Å². The summed E-state index contributed by atoms with van der Waals surface area (Å²) in [5.74, 6) is -0.308. The molecule has 2 aromatic rings. The van der Waals surface area contributed by atoms with Gasteiger partial charge in [0.2, 0.25) is 35.4 Å². The number of nitrogens with two attached hydrogens (primary N) is 1. The number of phenolic OH excluding ortho intramolecular Hbond substituents is 1. The third-order valence-corrected chi connectivity index (χ3v) is 11.4. The number of benzene rings is 1. The molecule has 448 valence electrons. The maximum Gasteiger partial charge on any atom is 0.253 e. The fourth-order valence-corrected chi connectivity index (χ4v) is 7.12. The van der Waals surface area contributed by atoms with E-state index in [1.165, 1.54) is 19.1 Å². The zero-order valence-corrected chi connectivity index (χ0v) is 45.5. The normalized spacial score (nSPS) is 14.2. The van der Waals surface area contributed by atoms with E-state index in [4.69, 9.17) is 43.7 Å². The number of aromatic nitrogens is 3. The summed E-state index contributed by atoms with van der Waals surface area (Å²) in [5, 5.41) is 40.3. The quantitative estimate of drug-likeness (QED) is 0.0131. The molecule has 30 heteroatoms. The van der Waals surface area contributed by atoms with Gasteiger partial charge in [0.15, 0.2) is 11.6 Å². The lowest BCUT2D eigenvalue weighted by Gasteiger charge is -2.28. The van der Waals surface area contributed by atoms with Gasteiger partial charge in [-0.3, -0.25) is 48.6 Å². The molecule has 1 aliphatic heterocycles. The topological polar surface area (TPSA) is 400 Å². The Morgan fingerprint density at radius 1 is 0.700 bits per heavy atom. The average molecular weight is 1140 g/mol. The predicted molar refractivity (Wildman–Crippen MR) is 279 cm³/mol. The molecule has 0 bridgehead atoms. The number of hydrogen-bond donors (Lipinski definition) is 9. The largest absolute Gasteiger partial charge is 0.508 e. The Balaban J connectivity index is 1.23. The monoisotopic (exact) mass is 1140 g/mol. The fraction of sp³-hybridized carbons (Fsp3) is 0.660. The molecule has 1 aromatic carbocycles. The van der Waals surface area contributed by atoms with Gasteiger partial charge in [0, 0.05) is 51.3 Å². The van der Waals surface area contributed by atoms with Crippen LogP contribution >= 0.6 is 0 Å². The smallest absolute Gasteiger partial charge is 0.253 e. The lowest BCUT2D eigenvalue weighted by molar-refractivity contribution is -0.142. The summed E-state index contributed by atoms with van der Waals surface area (Å²) >= 11 is 0. The lowest BCUT2D eigenvalue weighted by atomic mass is 10.0. The van der Waals surface area contributed by atoms with Crippen LogP contribution in [0.25, 0.3) is 0 Å². The lowest BCUT2D eigenvalue weighted by Crippen LogP contribution is -2.57. The molecule has 1 aromatic heterocycles. The van der Waals surface area contributed by atoms with E-state index < -0.39 is 85.1 Å². The molecule has 7 amide bonds. The van der Waals surface area contributed by atoms with Crippen molar-refractivity contribution in [3.8, 4) is 5.75 Å². The molecule has 30 nitrogen and oxygen atoms in total. The number of amides is 7. The highest BCUT2D eigenvalue weighted by atomic mass is 16.6. The van der Waals surface area contributed by atoms with E-state index in [1.54, 1.807) is 29.9 Å². The number of aliphatic hydroxyl groups is 1. The summed E-state index contributed by atoms with van der Waals surface area (Å²) in [6, 6.07) is 1.78. The van der Waals surface area contributed by atoms with Crippen molar-refractivity contribution in [2.24, 2.45) is 5.84 Å². The first-order chi connectivity index (χ1) is 38.6. The number of nitrogens with one attached hydrogen (secondary N) is 6. The second-order valence-corrected chi connectivity index (χ2v) is 17.8. The van der Waals surface area contributed by atoms with Crippen molar-refractivity contribution in [3.63, 3.8) is 0 Å². The number of aromatic hydroxyl groups is 1. The molecule has 0 saturated carbocycles. The van der Waals surface area contributed by atoms with Crippen LogP contribution in [0.15, 0.2) is 30.5 Å². The highest BCUT2D eigenvalue weighted by Gasteiger charge is 2.41. The molecule has 80 heavy (non-hydrogen) atoms. The highest BCUT2D eigenvalue weighted by Crippen LogP contribution is 2.19. The Kier molecular flexibility index (Phi) is 34.3. The molecule has 4 atom stereocenters. The molecule has 10 N–H and O–H groups in total. The number of carbonyl (C=O) groups excluding carboxylic acids is 9. The zero-order chi connectivity index (χ0) is 58.3. The van der Waals surface area contributed by atoms with Crippen molar-refractivity contribution in [3.05, 3.63) is 41.7 Å². The van der Waals surface area contributed by atoms with Gasteiger partial charge in [-0.25, -0.2) is 10.5 Å². The van der Waals surface area contributed by atoms with E-state index in [2.05, 4.69) is 36.9 Å². The number of Topliss-reactive ketones (excluding diaryl/α,β-unsaturated/α-hetero) is 2. The van der Waals surface area contributed by atoms with E-state index in [9.17, 15) is 53.4 Å². The summed E-state index contributed by atoms with van der Waals surface area (Å²) in [5.41, 5.74) is 3.04. The van der Waals surface area contributed by atoms with Crippen molar-refractivity contribution in [2.45, 2.75) is 83.1 Å². The van der Waals surface area contributed by atoms with Crippen molar-refractivity contribution >= 4 is 52.9 Å². The van der Waals surface area contributed by atoms with Crippen LogP contribution in [-0.4, -0.2) is 239 Å². The van der Waals surface area contributed by atoms with Gasteiger partial charge in [-0.15, -0.1) is 5.10 Å². The molecule has 1 fully saturated rings. The minimum Gasteiger partial charge on any atom is -0.508 e. The molecular formula is C50H79N11O19. The highest BCUT2D eigenvalue weighted by molar-refractivity contribution is 6.01. The van der Waals surface area contributed by atoms with Gasteiger partial charge in [-0.1, -0.05) is 24.3 Å². The van der Waals surface area contributed by atoms with Gasteiger partial charge in [0.1, 0.15) is 30.5 Å². The van der Waals surface area contributed by atoms with Crippen LogP contribution in [0.1, 0.15) is 50.8 Å². The molecule has 0 spiro atoms. The van der Waals surface area contributed by atoms with Crippen molar-refractivity contribution < 1.29 is 91.3 Å². The first kappa shape index (κ1) is 67.7. The molecule has 2 heterocycles. The maximum atomic E-state index is 14.0. The number of hydrazine groups is 1. The molecular weight excluding hydrogens is 1060 g/mol. The fourth-order valence-electron chi connectivity index (χ4n) is 7.12. The van der Waals surface area contributed by atoms with Gasteiger partial charge in [0.05, 0.1) is 137 Å². The van der Waals surface area contributed by atoms with Crippen molar-refractivity contribution in [2.75, 3.05) is 132 Å². The third kappa shape index (κ3) is 29.6. The van der Waals surface area contributed by atoms with Gasteiger partial charge in [0.25, 0.3) is 5.91 Å².